The first-order chi connectivity index (χ1) is 9.39. The number of rotatable bonds is 3. The van der Waals surface area contributed by atoms with Crippen molar-refractivity contribution >= 4 is 21.6 Å². The van der Waals surface area contributed by atoms with Crippen molar-refractivity contribution in [3.05, 3.63) is 24.3 Å². The van der Waals surface area contributed by atoms with Gasteiger partial charge in [-0.3, -0.25) is 4.79 Å². The first kappa shape index (κ1) is 15.0. The molecule has 1 aliphatic rings. The van der Waals surface area contributed by atoms with Crippen LogP contribution in [0.1, 0.15) is 19.8 Å². The van der Waals surface area contributed by atoms with Crippen LogP contribution in [0, 0.1) is 0 Å². The molecule has 2 N–H and O–H groups in total. The molecule has 110 valence electrons. The largest absolute Gasteiger partial charge is 0.393 e. The zero-order valence-corrected chi connectivity index (χ0v) is 12.1. The fraction of sp³-hybridized carbons (Fsp3) is 0.462. The summed E-state index contributed by atoms with van der Waals surface area (Å²) >= 11 is 0. The van der Waals surface area contributed by atoms with E-state index >= 15 is 0 Å². The number of nitrogens with zero attached hydrogens (tertiary/aromatic N) is 1. The highest BCUT2D eigenvalue weighted by molar-refractivity contribution is 7.89. The Morgan fingerprint density at radius 3 is 2.30 bits per heavy atom. The van der Waals surface area contributed by atoms with E-state index in [0.717, 1.165) is 0 Å². The summed E-state index contributed by atoms with van der Waals surface area (Å²) in [6.45, 7) is 2.05. The second kappa shape index (κ2) is 5.90. The van der Waals surface area contributed by atoms with Gasteiger partial charge in [0, 0.05) is 25.7 Å². The van der Waals surface area contributed by atoms with Gasteiger partial charge in [-0.05, 0) is 37.1 Å². The molecule has 2 rings (SSSR count). The molecular formula is C13H18N2O4S. The molecule has 1 amide bonds. The lowest BCUT2D eigenvalue weighted by Crippen LogP contribution is -2.39. The van der Waals surface area contributed by atoms with Gasteiger partial charge < -0.3 is 10.4 Å². The third-order valence-electron chi connectivity index (χ3n) is 3.24. The van der Waals surface area contributed by atoms with Crippen LogP contribution in [0.25, 0.3) is 0 Å². The molecule has 0 spiro atoms. The molecule has 1 fully saturated rings. The van der Waals surface area contributed by atoms with Gasteiger partial charge in [0.2, 0.25) is 15.9 Å². The van der Waals surface area contributed by atoms with E-state index in [-0.39, 0.29) is 10.8 Å². The van der Waals surface area contributed by atoms with E-state index in [0.29, 0.717) is 31.6 Å². The van der Waals surface area contributed by atoms with Crippen molar-refractivity contribution in [2.75, 3.05) is 18.4 Å². The van der Waals surface area contributed by atoms with Gasteiger partial charge in [-0.2, -0.15) is 4.31 Å². The molecule has 0 bridgehead atoms. The summed E-state index contributed by atoms with van der Waals surface area (Å²) in [7, 11) is -3.52. The number of aliphatic hydroxyl groups excluding tert-OH is 1. The summed E-state index contributed by atoms with van der Waals surface area (Å²) in [6.07, 6.45) is 0.510. The molecule has 1 heterocycles. The third kappa shape index (κ3) is 3.36. The first-order valence-electron chi connectivity index (χ1n) is 6.45. The second-order valence-corrected chi connectivity index (χ2v) is 6.78. The minimum atomic E-state index is -3.52. The number of amides is 1. The summed E-state index contributed by atoms with van der Waals surface area (Å²) < 4.78 is 26.2. The lowest BCUT2D eigenvalue weighted by molar-refractivity contribution is -0.114. The number of carbonyl (C=O) groups excluding carboxylic acids is 1. The van der Waals surface area contributed by atoms with Crippen molar-refractivity contribution in [3.63, 3.8) is 0 Å². The van der Waals surface area contributed by atoms with Crippen molar-refractivity contribution in [2.24, 2.45) is 0 Å². The predicted molar refractivity (Wildman–Crippen MR) is 74.7 cm³/mol. The number of anilines is 1. The van der Waals surface area contributed by atoms with Crippen LogP contribution in [0.3, 0.4) is 0 Å². The van der Waals surface area contributed by atoms with Gasteiger partial charge >= 0.3 is 0 Å². The third-order valence-corrected chi connectivity index (χ3v) is 5.15. The van der Waals surface area contributed by atoms with E-state index in [1.165, 1.54) is 23.4 Å². The summed E-state index contributed by atoms with van der Waals surface area (Å²) in [5.74, 6) is -0.203. The monoisotopic (exact) mass is 298 g/mol. The van der Waals surface area contributed by atoms with Crippen LogP contribution in [0.2, 0.25) is 0 Å². The molecule has 0 atom stereocenters. The molecule has 7 heteroatoms. The fourth-order valence-electron chi connectivity index (χ4n) is 2.15. The highest BCUT2D eigenvalue weighted by atomic mass is 32.2. The van der Waals surface area contributed by atoms with Crippen LogP contribution in [-0.4, -0.2) is 42.9 Å². The predicted octanol–water partition coefficient (Wildman–Crippen LogP) is 0.790. The lowest BCUT2D eigenvalue weighted by atomic mass is 10.1. The highest BCUT2D eigenvalue weighted by Gasteiger charge is 2.28. The zero-order chi connectivity index (χ0) is 14.8. The molecule has 1 aromatic rings. The van der Waals surface area contributed by atoms with Gasteiger partial charge in [0.25, 0.3) is 0 Å². The highest BCUT2D eigenvalue weighted by Crippen LogP contribution is 2.22. The minimum absolute atomic E-state index is 0.197. The molecule has 20 heavy (non-hydrogen) atoms. The van der Waals surface area contributed by atoms with E-state index in [2.05, 4.69) is 5.32 Å². The number of piperidine rings is 1. The van der Waals surface area contributed by atoms with Gasteiger partial charge in [-0.1, -0.05) is 0 Å². The Hall–Kier alpha value is -1.44. The normalized spacial score (nSPS) is 17.9. The number of carbonyl (C=O) groups is 1. The van der Waals surface area contributed by atoms with E-state index in [4.69, 9.17) is 0 Å². The maximum atomic E-state index is 12.4. The molecule has 0 saturated carbocycles. The van der Waals surface area contributed by atoms with E-state index in [1.54, 1.807) is 12.1 Å². The standard InChI is InChI=1S/C13H18N2O4S/c1-10(16)14-11-2-4-13(5-3-11)20(18,19)15-8-6-12(17)7-9-15/h2-5,12,17H,6-9H2,1H3,(H,14,16). The molecule has 0 aliphatic carbocycles. The van der Waals surface area contributed by atoms with Crippen LogP contribution in [0.4, 0.5) is 5.69 Å². The molecule has 0 radical (unpaired) electrons. The molecule has 1 saturated heterocycles. The van der Waals surface area contributed by atoms with Crippen LogP contribution in [-0.2, 0) is 14.8 Å². The van der Waals surface area contributed by atoms with Crippen LogP contribution < -0.4 is 5.32 Å². The van der Waals surface area contributed by atoms with Gasteiger partial charge in [0.15, 0.2) is 0 Å². The van der Waals surface area contributed by atoms with Gasteiger partial charge in [0.1, 0.15) is 0 Å². The summed E-state index contributed by atoms with van der Waals surface area (Å²) in [6, 6.07) is 6.08. The number of benzene rings is 1. The number of sulfonamides is 1. The molecule has 0 unspecified atom stereocenters. The topological polar surface area (TPSA) is 86.7 Å². The van der Waals surface area contributed by atoms with Gasteiger partial charge in [-0.15, -0.1) is 0 Å². The Kier molecular flexibility index (Phi) is 4.42. The first-order valence-corrected chi connectivity index (χ1v) is 7.89. The summed E-state index contributed by atoms with van der Waals surface area (Å²) in [5, 5.41) is 12.0. The minimum Gasteiger partial charge on any atom is -0.393 e. The second-order valence-electron chi connectivity index (χ2n) is 4.84. The Morgan fingerprint density at radius 1 is 1.25 bits per heavy atom. The van der Waals surface area contributed by atoms with Crippen molar-refractivity contribution in [2.45, 2.75) is 30.8 Å². The zero-order valence-electron chi connectivity index (χ0n) is 11.2. The molecule has 0 aromatic heterocycles. The van der Waals surface area contributed by atoms with E-state index < -0.39 is 16.1 Å². The lowest BCUT2D eigenvalue weighted by Gasteiger charge is -2.28. The van der Waals surface area contributed by atoms with Crippen molar-refractivity contribution < 1.29 is 18.3 Å². The van der Waals surface area contributed by atoms with Crippen molar-refractivity contribution in [1.82, 2.24) is 4.31 Å². The molecular weight excluding hydrogens is 280 g/mol. The SMILES string of the molecule is CC(=O)Nc1ccc(S(=O)(=O)N2CCC(O)CC2)cc1. The van der Waals surface area contributed by atoms with Crippen LogP contribution >= 0.6 is 0 Å². The van der Waals surface area contributed by atoms with Crippen LogP contribution in [0.5, 0.6) is 0 Å². The Labute approximate surface area is 118 Å². The molecule has 6 nitrogen and oxygen atoms in total. The summed E-state index contributed by atoms with van der Waals surface area (Å²) in [4.78, 5) is 11.1. The van der Waals surface area contributed by atoms with E-state index in [9.17, 15) is 18.3 Å². The van der Waals surface area contributed by atoms with Gasteiger partial charge in [0.05, 0.1) is 11.0 Å². The van der Waals surface area contributed by atoms with E-state index in [1.807, 2.05) is 0 Å². The average Bonchev–Trinajstić information content (AvgIpc) is 2.39. The quantitative estimate of drug-likeness (QED) is 0.864. The maximum Gasteiger partial charge on any atom is 0.243 e. The average molecular weight is 298 g/mol. The summed E-state index contributed by atoms with van der Waals surface area (Å²) in [5.41, 5.74) is 0.561. The molecule has 1 aliphatic heterocycles. The molecule has 1 aromatic carbocycles. The van der Waals surface area contributed by atoms with Gasteiger partial charge in [-0.25, -0.2) is 8.42 Å². The number of aliphatic hydroxyl groups is 1. The smallest absolute Gasteiger partial charge is 0.243 e. The Balaban J connectivity index is 2.15. The maximum absolute atomic E-state index is 12.4. The Morgan fingerprint density at radius 2 is 1.80 bits per heavy atom. The van der Waals surface area contributed by atoms with Crippen molar-refractivity contribution in [1.29, 1.82) is 0 Å². The number of hydrogen-bond acceptors (Lipinski definition) is 4. The fourth-order valence-corrected chi connectivity index (χ4v) is 3.61. The number of hydrogen-bond donors (Lipinski definition) is 2. The Bertz CT molecular complexity index is 575. The van der Waals surface area contributed by atoms with Crippen molar-refractivity contribution in [3.8, 4) is 0 Å². The van der Waals surface area contributed by atoms with Crippen LogP contribution in [0.15, 0.2) is 29.2 Å². The number of nitrogens with one attached hydrogen (secondary N) is 1.